The van der Waals surface area contributed by atoms with E-state index in [0.717, 1.165) is 25.9 Å². The molecule has 3 rings (SSSR count). The Labute approximate surface area is 134 Å². The number of hydrogen-bond donors (Lipinski definition) is 3. The highest BCUT2D eigenvalue weighted by atomic mass is 35.5. The number of nitrogens with one attached hydrogen (secondary N) is 3. The molecule has 3 N–H and O–H groups in total. The molecule has 0 aliphatic carbocycles. The fraction of sp³-hybridized carbons (Fsp3) is 0.467. The molecule has 6 nitrogen and oxygen atoms in total. The Morgan fingerprint density at radius 2 is 2.23 bits per heavy atom. The highest BCUT2D eigenvalue weighted by Gasteiger charge is 2.24. The van der Waals surface area contributed by atoms with Crippen molar-refractivity contribution < 1.29 is 9.59 Å². The van der Waals surface area contributed by atoms with E-state index in [0.29, 0.717) is 29.4 Å². The zero-order valence-corrected chi connectivity index (χ0v) is 12.9. The predicted molar refractivity (Wildman–Crippen MR) is 85.6 cm³/mol. The summed E-state index contributed by atoms with van der Waals surface area (Å²) in [5.41, 5.74) is 1.09. The molecule has 2 heterocycles. The third-order valence-electron chi connectivity index (χ3n) is 4.00. The van der Waals surface area contributed by atoms with Crippen LogP contribution < -0.4 is 20.9 Å². The number of benzene rings is 1. The average Bonchev–Trinajstić information content (AvgIpc) is 2.95. The fourth-order valence-corrected chi connectivity index (χ4v) is 3.01. The monoisotopic (exact) mass is 322 g/mol. The number of urea groups is 1. The molecule has 7 heteroatoms. The topological polar surface area (TPSA) is 73.5 Å². The molecule has 0 bridgehead atoms. The zero-order chi connectivity index (χ0) is 15.5. The first kappa shape index (κ1) is 15.1. The van der Waals surface area contributed by atoms with Crippen molar-refractivity contribution in [3.8, 4) is 0 Å². The molecule has 1 atom stereocenters. The summed E-state index contributed by atoms with van der Waals surface area (Å²) >= 11 is 6.16. The quantitative estimate of drug-likeness (QED) is 0.786. The SMILES string of the molecule is O=C(NC1CCCNC1)c1cc(N2CCNC2=O)ccc1Cl. The second-order valence-electron chi connectivity index (χ2n) is 5.56. The van der Waals surface area contributed by atoms with Crippen molar-refractivity contribution in [2.24, 2.45) is 0 Å². The maximum Gasteiger partial charge on any atom is 0.321 e. The van der Waals surface area contributed by atoms with E-state index in [-0.39, 0.29) is 18.0 Å². The summed E-state index contributed by atoms with van der Waals surface area (Å²) in [5, 5.41) is 9.39. The van der Waals surface area contributed by atoms with E-state index < -0.39 is 0 Å². The van der Waals surface area contributed by atoms with Crippen LogP contribution in [0, 0.1) is 0 Å². The van der Waals surface area contributed by atoms with Gasteiger partial charge in [-0.1, -0.05) is 11.6 Å². The second-order valence-corrected chi connectivity index (χ2v) is 5.97. The molecule has 0 saturated carbocycles. The van der Waals surface area contributed by atoms with E-state index in [1.54, 1.807) is 23.1 Å². The summed E-state index contributed by atoms with van der Waals surface area (Å²) in [7, 11) is 0. The van der Waals surface area contributed by atoms with Gasteiger partial charge >= 0.3 is 6.03 Å². The molecule has 22 heavy (non-hydrogen) atoms. The van der Waals surface area contributed by atoms with E-state index in [9.17, 15) is 9.59 Å². The maximum atomic E-state index is 12.4. The number of carbonyl (C=O) groups excluding carboxylic acids is 2. The van der Waals surface area contributed by atoms with Crippen LogP contribution in [0.15, 0.2) is 18.2 Å². The number of amides is 3. The van der Waals surface area contributed by atoms with Gasteiger partial charge in [0, 0.05) is 31.4 Å². The van der Waals surface area contributed by atoms with Gasteiger partial charge in [0.15, 0.2) is 0 Å². The Morgan fingerprint density at radius 3 is 2.91 bits per heavy atom. The summed E-state index contributed by atoms with van der Waals surface area (Å²) in [4.78, 5) is 25.8. The number of halogens is 1. The largest absolute Gasteiger partial charge is 0.348 e. The second kappa shape index (κ2) is 6.54. The van der Waals surface area contributed by atoms with E-state index in [4.69, 9.17) is 11.6 Å². The van der Waals surface area contributed by atoms with Gasteiger partial charge in [-0.05, 0) is 37.6 Å². The summed E-state index contributed by atoms with van der Waals surface area (Å²) in [6, 6.07) is 5.07. The Morgan fingerprint density at radius 1 is 1.36 bits per heavy atom. The smallest absolute Gasteiger partial charge is 0.321 e. The van der Waals surface area contributed by atoms with Crippen LogP contribution in [-0.2, 0) is 0 Å². The van der Waals surface area contributed by atoms with Gasteiger partial charge in [0.2, 0.25) is 0 Å². The molecule has 1 unspecified atom stereocenters. The first-order valence-corrected chi connectivity index (χ1v) is 7.89. The van der Waals surface area contributed by atoms with Crippen LogP contribution in [0.25, 0.3) is 0 Å². The first-order valence-electron chi connectivity index (χ1n) is 7.51. The maximum absolute atomic E-state index is 12.4. The number of nitrogens with zero attached hydrogens (tertiary/aromatic N) is 1. The number of anilines is 1. The molecule has 118 valence electrons. The Kier molecular flexibility index (Phi) is 4.49. The molecule has 3 amide bonds. The van der Waals surface area contributed by atoms with E-state index in [1.807, 2.05) is 0 Å². The lowest BCUT2D eigenvalue weighted by atomic mass is 10.1. The summed E-state index contributed by atoms with van der Waals surface area (Å²) in [5.74, 6) is -0.194. The van der Waals surface area contributed by atoms with Gasteiger partial charge < -0.3 is 16.0 Å². The standard InChI is InChI=1S/C15H19ClN4O2/c16-13-4-3-11(20-7-6-18-15(20)22)8-12(13)14(21)19-10-2-1-5-17-9-10/h3-4,8,10,17H,1-2,5-7,9H2,(H,18,22)(H,19,21). The van der Waals surface area contributed by atoms with Crippen LogP contribution >= 0.6 is 11.6 Å². The fourth-order valence-electron chi connectivity index (χ4n) is 2.81. The van der Waals surface area contributed by atoms with Crippen LogP contribution in [0.2, 0.25) is 5.02 Å². The third-order valence-corrected chi connectivity index (χ3v) is 4.32. The number of piperidine rings is 1. The van der Waals surface area contributed by atoms with Gasteiger partial charge in [-0.2, -0.15) is 0 Å². The van der Waals surface area contributed by atoms with E-state index in [2.05, 4.69) is 16.0 Å². The summed E-state index contributed by atoms with van der Waals surface area (Å²) < 4.78 is 0. The number of carbonyl (C=O) groups is 2. The molecule has 1 aromatic rings. The first-order chi connectivity index (χ1) is 10.6. The molecular formula is C15H19ClN4O2. The van der Waals surface area contributed by atoms with Gasteiger partial charge in [0.25, 0.3) is 5.91 Å². The van der Waals surface area contributed by atoms with Crippen LogP contribution in [-0.4, -0.2) is 44.2 Å². The van der Waals surface area contributed by atoms with E-state index >= 15 is 0 Å². The minimum atomic E-state index is -0.194. The van der Waals surface area contributed by atoms with Gasteiger partial charge in [-0.25, -0.2) is 4.79 Å². The lowest BCUT2D eigenvalue weighted by Crippen LogP contribution is -2.45. The number of hydrogen-bond acceptors (Lipinski definition) is 3. The molecule has 0 spiro atoms. The van der Waals surface area contributed by atoms with Crippen LogP contribution in [0.1, 0.15) is 23.2 Å². The Bertz CT molecular complexity index is 587. The lowest BCUT2D eigenvalue weighted by molar-refractivity contribution is 0.0931. The van der Waals surface area contributed by atoms with Crippen molar-refractivity contribution in [1.29, 1.82) is 0 Å². The van der Waals surface area contributed by atoms with Crippen molar-refractivity contribution in [3.63, 3.8) is 0 Å². The molecular weight excluding hydrogens is 304 g/mol. The molecule has 2 saturated heterocycles. The molecule has 2 aliphatic rings. The number of rotatable bonds is 3. The molecule has 0 radical (unpaired) electrons. The molecule has 1 aromatic carbocycles. The molecule has 0 aromatic heterocycles. The van der Waals surface area contributed by atoms with Crippen molar-refractivity contribution in [3.05, 3.63) is 28.8 Å². The van der Waals surface area contributed by atoms with Gasteiger partial charge in [-0.15, -0.1) is 0 Å². The van der Waals surface area contributed by atoms with Crippen LogP contribution in [0.3, 0.4) is 0 Å². The Balaban J connectivity index is 1.76. The average molecular weight is 323 g/mol. The third kappa shape index (κ3) is 3.18. The highest BCUT2D eigenvalue weighted by Crippen LogP contribution is 2.24. The van der Waals surface area contributed by atoms with Crippen molar-refractivity contribution in [2.45, 2.75) is 18.9 Å². The van der Waals surface area contributed by atoms with Crippen LogP contribution in [0.4, 0.5) is 10.5 Å². The zero-order valence-electron chi connectivity index (χ0n) is 12.2. The minimum Gasteiger partial charge on any atom is -0.348 e. The van der Waals surface area contributed by atoms with Crippen molar-refractivity contribution in [2.75, 3.05) is 31.1 Å². The van der Waals surface area contributed by atoms with Gasteiger partial charge in [0.1, 0.15) is 0 Å². The van der Waals surface area contributed by atoms with Gasteiger partial charge in [-0.3, -0.25) is 9.69 Å². The summed E-state index contributed by atoms with van der Waals surface area (Å²) in [6.45, 7) is 2.97. The summed E-state index contributed by atoms with van der Waals surface area (Å²) in [6.07, 6.45) is 2.01. The molecule has 2 fully saturated rings. The molecule has 2 aliphatic heterocycles. The highest BCUT2D eigenvalue weighted by molar-refractivity contribution is 6.34. The van der Waals surface area contributed by atoms with Gasteiger partial charge in [0.05, 0.1) is 10.6 Å². The Hall–Kier alpha value is -1.79. The van der Waals surface area contributed by atoms with E-state index in [1.165, 1.54) is 0 Å². The lowest BCUT2D eigenvalue weighted by Gasteiger charge is -2.24. The van der Waals surface area contributed by atoms with Crippen molar-refractivity contribution in [1.82, 2.24) is 16.0 Å². The predicted octanol–water partition coefficient (Wildman–Crippen LogP) is 1.35. The normalized spacial score (nSPS) is 21.6. The van der Waals surface area contributed by atoms with Crippen molar-refractivity contribution >= 4 is 29.2 Å². The minimum absolute atomic E-state index is 0.121. The van der Waals surface area contributed by atoms with Crippen LogP contribution in [0.5, 0.6) is 0 Å².